The summed E-state index contributed by atoms with van der Waals surface area (Å²) in [5.74, 6) is 0.862. The van der Waals surface area contributed by atoms with Gasteiger partial charge in [0.2, 0.25) is 11.9 Å². The Bertz CT molecular complexity index is 903. The van der Waals surface area contributed by atoms with Gasteiger partial charge >= 0.3 is 0 Å². The van der Waals surface area contributed by atoms with Crippen molar-refractivity contribution in [3.8, 4) is 0 Å². The van der Waals surface area contributed by atoms with Gasteiger partial charge in [-0.05, 0) is 73.0 Å². The summed E-state index contributed by atoms with van der Waals surface area (Å²) in [5.41, 5.74) is 1.25. The van der Waals surface area contributed by atoms with Gasteiger partial charge in [0.15, 0.2) is 0 Å². The molecule has 0 aliphatic heterocycles. The molecule has 1 heterocycles. The summed E-state index contributed by atoms with van der Waals surface area (Å²) in [4.78, 5) is 17.6. The van der Waals surface area contributed by atoms with Gasteiger partial charge in [0, 0.05) is 0 Å². The number of carbonyl (C=O) groups is 1. The zero-order valence-corrected chi connectivity index (χ0v) is 16.5. The van der Waals surface area contributed by atoms with Crippen LogP contribution in [0.15, 0.2) is 30.6 Å². The summed E-state index contributed by atoms with van der Waals surface area (Å²) in [6.07, 6.45) is 8.35. The molecular formula is C22H27FN4O. The minimum absolute atomic E-state index is 0.0913. The fraction of sp³-hybridized carbons (Fsp3) is 0.591. The van der Waals surface area contributed by atoms with Gasteiger partial charge < -0.3 is 0 Å². The molecule has 1 aromatic carbocycles. The summed E-state index contributed by atoms with van der Waals surface area (Å²) in [6, 6.07) is 6.32. The molecule has 1 aromatic heterocycles. The molecule has 28 heavy (non-hydrogen) atoms. The number of carbonyl (C=O) groups excluding carboxylic acids is 1. The lowest BCUT2D eigenvalue weighted by Crippen LogP contribution is -2.58. The maximum atomic E-state index is 13.3. The van der Waals surface area contributed by atoms with Crippen LogP contribution in [0.4, 0.5) is 10.3 Å². The number of hydrogen-bond donors (Lipinski definition) is 1. The molecule has 0 spiro atoms. The molecule has 4 aliphatic carbocycles. The van der Waals surface area contributed by atoms with E-state index in [1.165, 1.54) is 31.4 Å². The number of amides is 1. The predicted octanol–water partition coefficient (Wildman–Crippen LogP) is 4.40. The van der Waals surface area contributed by atoms with Crippen molar-refractivity contribution in [1.29, 1.82) is 0 Å². The quantitative estimate of drug-likeness (QED) is 0.853. The van der Waals surface area contributed by atoms with Crippen molar-refractivity contribution in [2.24, 2.45) is 22.2 Å². The first-order chi connectivity index (χ1) is 13.2. The summed E-state index contributed by atoms with van der Waals surface area (Å²) in [5, 5.41) is 7.42. The van der Waals surface area contributed by atoms with Crippen molar-refractivity contribution in [3.05, 3.63) is 42.0 Å². The first kappa shape index (κ1) is 17.8. The average molecular weight is 382 g/mol. The Balaban J connectivity index is 1.31. The highest BCUT2D eigenvalue weighted by Gasteiger charge is 2.62. The monoisotopic (exact) mass is 382 g/mol. The van der Waals surface area contributed by atoms with Gasteiger partial charge in [-0.15, -0.1) is 5.10 Å². The molecule has 4 saturated carbocycles. The minimum Gasteiger partial charge on any atom is -0.293 e. The van der Waals surface area contributed by atoms with Crippen molar-refractivity contribution >= 4 is 11.9 Å². The maximum absolute atomic E-state index is 13.3. The zero-order chi connectivity index (χ0) is 19.6. The van der Waals surface area contributed by atoms with Crippen LogP contribution < -0.4 is 5.32 Å². The largest absolute Gasteiger partial charge is 0.293 e. The lowest BCUT2D eigenvalue weighted by molar-refractivity contribution is -0.165. The standard InChI is InChI=1S/C22H27FN4O/c1-20-7-16-8-21(2,11-20)13-22(9-16,12-20)18(28)25-19-24-14-27(26-19)10-15-3-5-17(23)6-4-15/h3-6,14,16H,7-13H2,1-2H3,(H,25,26,28)/t16?,20-,21+,22?. The van der Waals surface area contributed by atoms with Crippen molar-refractivity contribution in [1.82, 2.24) is 14.8 Å². The topological polar surface area (TPSA) is 59.8 Å². The molecule has 5 nitrogen and oxygen atoms in total. The van der Waals surface area contributed by atoms with E-state index in [9.17, 15) is 9.18 Å². The van der Waals surface area contributed by atoms with Crippen molar-refractivity contribution in [2.45, 2.75) is 58.9 Å². The molecule has 2 aromatic rings. The van der Waals surface area contributed by atoms with E-state index in [0.717, 1.165) is 24.8 Å². The third kappa shape index (κ3) is 3.03. The van der Waals surface area contributed by atoms with Crippen LogP contribution in [0.1, 0.15) is 57.9 Å². The molecule has 0 radical (unpaired) electrons. The Hall–Kier alpha value is -2.24. The predicted molar refractivity (Wildman–Crippen MR) is 104 cm³/mol. The number of aromatic nitrogens is 3. The highest BCUT2D eigenvalue weighted by atomic mass is 19.1. The smallest absolute Gasteiger partial charge is 0.248 e. The average Bonchev–Trinajstić information content (AvgIpc) is 3.00. The zero-order valence-electron chi connectivity index (χ0n) is 16.5. The normalized spacial score (nSPS) is 35.9. The lowest BCUT2D eigenvalue weighted by Gasteiger charge is -2.64. The van der Waals surface area contributed by atoms with E-state index in [4.69, 9.17) is 0 Å². The Morgan fingerprint density at radius 1 is 1.14 bits per heavy atom. The van der Waals surface area contributed by atoms with Crippen LogP contribution in [0.2, 0.25) is 0 Å². The van der Waals surface area contributed by atoms with Crippen molar-refractivity contribution in [2.75, 3.05) is 5.32 Å². The fourth-order valence-corrected chi connectivity index (χ4v) is 7.14. The van der Waals surface area contributed by atoms with Gasteiger partial charge in [0.25, 0.3) is 0 Å². The van der Waals surface area contributed by atoms with Crippen LogP contribution in [-0.2, 0) is 11.3 Å². The number of hydrogen-bond acceptors (Lipinski definition) is 3. The number of nitrogens with zero attached hydrogens (tertiary/aromatic N) is 3. The van der Waals surface area contributed by atoms with Gasteiger partial charge in [0.1, 0.15) is 12.1 Å². The first-order valence-corrected chi connectivity index (χ1v) is 10.2. The molecule has 6 heteroatoms. The third-order valence-electron chi connectivity index (χ3n) is 7.13. The van der Waals surface area contributed by atoms with E-state index in [2.05, 4.69) is 29.2 Å². The number of halogens is 1. The second-order valence-electron chi connectivity index (χ2n) is 10.3. The van der Waals surface area contributed by atoms with E-state index in [-0.39, 0.29) is 17.1 Å². The summed E-state index contributed by atoms with van der Waals surface area (Å²) < 4.78 is 14.7. The molecule has 148 valence electrons. The molecule has 1 N–H and O–H groups in total. The van der Waals surface area contributed by atoms with E-state index in [1.807, 2.05) is 0 Å². The van der Waals surface area contributed by atoms with Crippen LogP contribution in [0, 0.1) is 28.0 Å². The molecule has 6 rings (SSSR count). The molecule has 1 amide bonds. The van der Waals surface area contributed by atoms with Gasteiger partial charge in [0.05, 0.1) is 12.0 Å². The van der Waals surface area contributed by atoms with E-state index >= 15 is 0 Å². The number of benzene rings is 1. The van der Waals surface area contributed by atoms with Crippen LogP contribution in [-0.4, -0.2) is 20.7 Å². The Morgan fingerprint density at radius 2 is 1.82 bits per heavy atom. The van der Waals surface area contributed by atoms with Gasteiger partial charge in [-0.3, -0.25) is 10.1 Å². The molecular weight excluding hydrogens is 355 g/mol. The molecule has 2 unspecified atom stereocenters. The van der Waals surface area contributed by atoms with Crippen LogP contribution in [0.3, 0.4) is 0 Å². The maximum Gasteiger partial charge on any atom is 0.248 e. The fourth-order valence-electron chi connectivity index (χ4n) is 7.14. The van der Waals surface area contributed by atoms with E-state index in [1.54, 1.807) is 23.1 Å². The molecule has 4 bridgehead atoms. The van der Waals surface area contributed by atoms with Gasteiger partial charge in [-0.1, -0.05) is 26.0 Å². The summed E-state index contributed by atoms with van der Waals surface area (Å²) in [7, 11) is 0. The summed E-state index contributed by atoms with van der Waals surface area (Å²) >= 11 is 0. The van der Waals surface area contributed by atoms with Crippen LogP contribution >= 0.6 is 0 Å². The number of anilines is 1. The first-order valence-electron chi connectivity index (χ1n) is 10.2. The second kappa shape index (κ2) is 5.88. The molecule has 4 atom stereocenters. The lowest BCUT2D eigenvalue weighted by atomic mass is 9.40. The summed E-state index contributed by atoms with van der Waals surface area (Å²) in [6.45, 7) is 5.23. The Kier molecular flexibility index (Phi) is 3.74. The van der Waals surface area contributed by atoms with Crippen molar-refractivity contribution < 1.29 is 9.18 Å². The minimum atomic E-state index is -0.272. The van der Waals surface area contributed by atoms with E-state index < -0.39 is 0 Å². The Labute approximate surface area is 164 Å². The number of nitrogens with one attached hydrogen (secondary N) is 1. The molecule has 4 fully saturated rings. The van der Waals surface area contributed by atoms with E-state index in [0.29, 0.717) is 29.2 Å². The third-order valence-corrected chi connectivity index (χ3v) is 7.13. The molecule has 4 aliphatic rings. The highest BCUT2D eigenvalue weighted by Crippen LogP contribution is 2.69. The van der Waals surface area contributed by atoms with Gasteiger partial charge in [-0.2, -0.15) is 0 Å². The molecule has 0 saturated heterocycles. The Morgan fingerprint density at radius 3 is 2.46 bits per heavy atom. The number of rotatable bonds is 4. The highest BCUT2D eigenvalue weighted by molar-refractivity contribution is 5.94. The second-order valence-corrected chi connectivity index (χ2v) is 10.3. The SMILES string of the molecule is C[C@]12CC3CC(C(=O)Nc4ncn(Cc5ccc(F)cc5)n4)(C1)C[C@@](C)(C3)C2. The van der Waals surface area contributed by atoms with Crippen LogP contribution in [0.25, 0.3) is 0 Å². The van der Waals surface area contributed by atoms with Gasteiger partial charge in [-0.25, -0.2) is 14.1 Å². The van der Waals surface area contributed by atoms with Crippen molar-refractivity contribution in [3.63, 3.8) is 0 Å². The van der Waals surface area contributed by atoms with Crippen LogP contribution in [0.5, 0.6) is 0 Å².